The van der Waals surface area contributed by atoms with Crippen LogP contribution in [0.15, 0.2) is 29.5 Å². The van der Waals surface area contributed by atoms with E-state index in [9.17, 15) is 23.5 Å². The molecule has 0 saturated heterocycles. The highest BCUT2D eigenvalue weighted by atomic mass is 19.1. The monoisotopic (exact) mass is 424 g/mol. The Bertz CT molecular complexity index is 774. The number of halogens is 2. The summed E-state index contributed by atoms with van der Waals surface area (Å²) in [5.41, 5.74) is 0.415. The van der Waals surface area contributed by atoms with E-state index in [2.05, 4.69) is 10.6 Å². The van der Waals surface area contributed by atoms with Crippen LogP contribution in [0.3, 0.4) is 0 Å². The van der Waals surface area contributed by atoms with Crippen LogP contribution in [0.5, 0.6) is 0 Å². The zero-order valence-electron chi connectivity index (χ0n) is 17.8. The molecule has 0 aliphatic heterocycles. The summed E-state index contributed by atoms with van der Waals surface area (Å²) in [5.74, 6) is -1.97. The number of aliphatic hydroxyl groups excluding tert-OH is 1. The second-order valence-corrected chi connectivity index (χ2v) is 7.37. The molecule has 0 unspecified atom stereocenters. The number of benzene rings is 1. The molecule has 7 nitrogen and oxygen atoms in total. The number of aliphatic hydroxyl groups is 1. The van der Waals surface area contributed by atoms with Gasteiger partial charge in [-0.15, -0.1) is 0 Å². The topological polar surface area (TPSA) is 106 Å². The highest BCUT2D eigenvalue weighted by Crippen LogP contribution is 2.12. The Labute approximate surface area is 175 Å². The molecule has 2 amide bonds. The smallest absolute Gasteiger partial charge is 0.258 e. The summed E-state index contributed by atoms with van der Waals surface area (Å²) in [6.07, 6.45) is 1.35. The lowest BCUT2D eigenvalue weighted by Crippen LogP contribution is -2.41. The van der Waals surface area contributed by atoms with Gasteiger partial charge in [-0.2, -0.15) is 0 Å². The van der Waals surface area contributed by atoms with Gasteiger partial charge in [-0.1, -0.05) is 0 Å². The first-order valence-electron chi connectivity index (χ1n) is 9.64. The zero-order valence-corrected chi connectivity index (χ0v) is 17.8. The quantitative estimate of drug-likeness (QED) is 0.179. The molecule has 0 aliphatic rings. The van der Waals surface area contributed by atoms with Crippen molar-refractivity contribution in [3.63, 3.8) is 0 Å². The number of carbonyl (C=O) groups is 2. The van der Waals surface area contributed by atoms with Gasteiger partial charge in [-0.25, -0.2) is 8.78 Å². The summed E-state index contributed by atoms with van der Waals surface area (Å²) >= 11 is 0. The van der Waals surface area contributed by atoms with Crippen molar-refractivity contribution < 1.29 is 23.5 Å². The first-order chi connectivity index (χ1) is 14.0. The summed E-state index contributed by atoms with van der Waals surface area (Å²) in [5, 5.41) is 23.1. The number of likely N-dealkylation sites (N-methyl/N-ethyl adjacent to an activating group) is 1. The minimum Gasteiger partial charge on any atom is -0.512 e. The SMILES string of the molecule is CC(=N)/C(C(=O)N(C)CCN[C@H](C)C[C@H](Cc1cc(F)cc(F)c1)NC=O)=C(/C)O. The Hall–Kier alpha value is -2.81. The molecular weight excluding hydrogens is 394 g/mol. The van der Waals surface area contributed by atoms with Gasteiger partial charge in [-0.05, 0) is 51.3 Å². The third kappa shape index (κ3) is 8.28. The van der Waals surface area contributed by atoms with Gasteiger partial charge in [0.15, 0.2) is 0 Å². The lowest BCUT2D eigenvalue weighted by atomic mass is 10.00. The molecule has 1 rings (SSSR count). The minimum absolute atomic E-state index is 0.00950. The molecule has 1 aromatic carbocycles. The second kappa shape index (κ2) is 12.0. The Kier molecular flexibility index (Phi) is 10.1. The van der Waals surface area contributed by atoms with Crippen LogP contribution >= 0.6 is 0 Å². The summed E-state index contributed by atoms with van der Waals surface area (Å²) in [7, 11) is 1.58. The Morgan fingerprint density at radius 2 is 1.87 bits per heavy atom. The average Bonchev–Trinajstić information content (AvgIpc) is 2.60. The maximum atomic E-state index is 13.4. The van der Waals surface area contributed by atoms with Gasteiger partial charge in [0.05, 0.1) is 5.57 Å². The molecule has 4 N–H and O–H groups in total. The van der Waals surface area contributed by atoms with Crippen LogP contribution in [0.4, 0.5) is 8.78 Å². The van der Waals surface area contributed by atoms with Crippen LogP contribution in [-0.2, 0) is 16.0 Å². The van der Waals surface area contributed by atoms with Gasteiger partial charge in [0, 0.05) is 44.0 Å². The average molecular weight is 424 g/mol. The number of hydrogen-bond donors (Lipinski definition) is 4. The third-order valence-corrected chi connectivity index (χ3v) is 4.58. The summed E-state index contributed by atoms with van der Waals surface area (Å²) in [6.45, 7) is 5.49. The van der Waals surface area contributed by atoms with Crippen LogP contribution in [-0.4, -0.2) is 60.3 Å². The lowest BCUT2D eigenvalue weighted by Gasteiger charge is -2.24. The fraction of sp³-hybridized carbons (Fsp3) is 0.476. The predicted molar refractivity (Wildman–Crippen MR) is 111 cm³/mol. The van der Waals surface area contributed by atoms with E-state index in [-0.39, 0.29) is 35.5 Å². The number of nitrogens with one attached hydrogen (secondary N) is 3. The fourth-order valence-electron chi connectivity index (χ4n) is 3.19. The third-order valence-electron chi connectivity index (χ3n) is 4.58. The minimum atomic E-state index is -0.666. The molecule has 0 radical (unpaired) electrons. The van der Waals surface area contributed by atoms with E-state index >= 15 is 0 Å². The largest absolute Gasteiger partial charge is 0.512 e. The predicted octanol–water partition coefficient (Wildman–Crippen LogP) is 2.32. The fourth-order valence-corrected chi connectivity index (χ4v) is 3.19. The molecule has 0 heterocycles. The van der Waals surface area contributed by atoms with Crippen LogP contribution in [0, 0.1) is 17.0 Å². The van der Waals surface area contributed by atoms with E-state index in [1.165, 1.54) is 30.9 Å². The van der Waals surface area contributed by atoms with Gasteiger partial charge in [0.2, 0.25) is 6.41 Å². The van der Waals surface area contributed by atoms with Crippen LogP contribution < -0.4 is 10.6 Å². The van der Waals surface area contributed by atoms with Crippen LogP contribution in [0.2, 0.25) is 0 Å². The van der Waals surface area contributed by atoms with Crippen molar-refractivity contribution in [3.8, 4) is 0 Å². The molecule has 0 fully saturated rings. The molecule has 1 aromatic rings. The first-order valence-corrected chi connectivity index (χ1v) is 9.64. The van der Waals surface area contributed by atoms with Crippen LogP contribution in [0.1, 0.15) is 32.8 Å². The number of hydrogen-bond acceptors (Lipinski definition) is 5. The molecule has 166 valence electrons. The van der Waals surface area contributed by atoms with Crippen molar-refractivity contribution >= 4 is 18.0 Å². The Morgan fingerprint density at radius 1 is 1.27 bits per heavy atom. The van der Waals surface area contributed by atoms with Gasteiger partial charge < -0.3 is 26.0 Å². The summed E-state index contributed by atoms with van der Waals surface area (Å²) < 4.78 is 26.8. The van der Waals surface area contributed by atoms with Crippen LogP contribution in [0.25, 0.3) is 0 Å². The van der Waals surface area contributed by atoms with E-state index in [1.807, 2.05) is 6.92 Å². The Balaban J connectivity index is 2.59. The molecule has 9 heteroatoms. The van der Waals surface area contributed by atoms with E-state index in [0.717, 1.165) is 6.07 Å². The molecule has 0 saturated carbocycles. The zero-order chi connectivity index (χ0) is 22.8. The number of rotatable bonds is 12. The maximum Gasteiger partial charge on any atom is 0.258 e. The van der Waals surface area contributed by atoms with Crippen molar-refractivity contribution in [2.24, 2.45) is 0 Å². The van der Waals surface area contributed by atoms with E-state index in [4.69, 9.17) is 5.41 Å². The number of allylic oxidation sites excluding steroid dienone is 1. The normalized spacial score (nSPS) is 13.8. The number of amides is 2. The maximum absolute atomic E-state index is 13.4. The lowest BCUT2D eigenvalue weighted by molar-refractivity contribution is -0.125. The summed E-state index contributed by atoms with van der Waals surface area (Å²) in [6, 6.07) is 2.90. The molecule has 2 atom stereocenters. The van der Waals surface area contributed by atoms with Crippen molar-refractivity contribution in [2.45, 2.75) is 45.7 Å². The molecule has 0 bridgehead atoms. The van der Waals surface area contributed by atoms with Gasteiger partial charge in [-0.3, -0.25) is 9.59 Å². The van der Waals surface area contributed by atoms with Crippen molar-refractivity contribution in [3.05, 3.63) is 46.7 Å². The summed E-state index contributed by atoms with van der Waals surface area (Å²) in [4.78, 5) is 24.7. The molecule has 0 spiro atoms. The van der Waals surface area contributed by atoms with Crippen molar-refractivity contribution in [1.82, 2.24) is 15.5 Å². The molecule has 0 aromatic heterocycles. The van der Waals surface area contributed by atoms with E-state index < -0.39 is 17.5 Å². The standard InChI is InChI=1S/C21H30F2N4O3/c1-13(25-5-6-27(4)21(30)20(14(2)24)15(3)29)7-19(26-12-28)10-16-8-17(22)11-18(23)9-16/h8-9,11-13,19,24-25,29H,5-7,10H2,1-4H3,(H,26,28)/b20-15+,24-14?/t13-,19-/m1/s1. The number of nitrogens with zero attached hydrogens (tertiary/aromatic N) is 1. The molecular formula is C21H30F2N4O3. The highest BCUT2D eigenvalue weighted by Gasteiger charge is 2.20. The highest BCUT2D eigenvalue weighted by molar-refractivity contribution is 6.19. The van der Waals surface area contributed by atoms with E-state index in [1.54, 1.807) is 7.05 Å². The van der Waals surface area contributed by atoms with Gasteiger partial charge >= 0.3 is 0 Å². The van der Waals surface area contributed by atoms with Gasteiger partial charge in [0.1, 0.15) is 17.4 Å². The van der Waals surface area contributed by atoms with Crippen molar-refractivity contribution in [2.75, 3.05) is 20.1 Å². The van der Waals surface area contributed by atoms with Gasteiger partial charge in [0.25, 0.3) is 5.91 Å². The van der Waals surface area contributed by atoms with Crippen molar-refractivity contribution in [1.29, 1.82) is 5.41 Å². The second-order valence-electron chi connectivity index (χ2n) is 7.37. The Morgan fingerprint density at radius 3 is 2.37 bits per heavy atom. The van der Waals surface area contributed by atoms with E-state index in [0.29, 0.717) is 31.5 Å². The molecule has 0 aliphatic carbocycles. The number of carbonyl (C=O) groups excluding carboxylic acids is 2. The first kappa shape index (κ1) is 25.2. The molecule has 30 heavy (non-hydrogen) atoms.